The molecule has 0 aliphatic rings. The predicted octanol–water partition coefficient (Wildman–Crippen LogP) is 2.56. The van der Waals surface area contributed by atoms with Crippen molar-refractivity contribution in [2.45, 2.75) is 20.3 Å². The fourth-order valence-electron chi connectivity index (χ4n) is 1.10. The van der Waals surface area contributed by atoms with Gasteiger partial charge < -0.3 is 0 Å². The van der Waals surface area contributed by atoms with Crippen molar-refractivity contribution < 1.29 is 8.78 Å². The highest BCUT2D eigenvalue weighted by atomic mass is 19.1. The molecule has 3 heteroatoms. The van der Waals surface area contributed by atoms with Gasteiger partial charge in [-0.1, -0.05) is 13.8 Å². The molecule has 1 heterocycles. The highest BCUT2D eigenvalue weighted by Gasteiger charge is 2.03. The zero-order valence-electron chi connectivity index (χ0n) is 7.14. The maximum absolute atomic E-state index is 12.5. The molecular weight excluding hydrogens is 160 g/mol. The van der Waals surface area contributed by atoms with Crippen LogP contribution in [0.25, 0.3) is 0 Å². The number of rotatable bonds is 2. The van der Waals surface area contributed by atoms with Gasteiger partial charge in [0.15, 0.2) is 0 Å². The van der Waals surface area contributed by atoms with E-state index >= 15 is 0 Å². The molecule has 1 aromatic heterocycles. The molecule has 0 fully saturated rings. The summed E-state index contributed by atoms with van der Waals surface area (Å²) in [6, 6.07) is 2.53. The van der Waals surface area contributed by atoms with E-state index in [1.54, 1.807) is 0 Å². The summed E-state index contributed by atoms with van der Waals surface area (Å²) in [7, 11) is 0. The Morgan fingerprint density at radius 1 is 1.25 bits per heavy atom. The van der Waals surface area contributed by atoms with Crippen LogP contribution in [0.1, 0.15) is 19.4 Å². The normalized spacial score (nSPS) is 10.8. The van der Waals surface area contributed by atoms with Crippen molar-refractivity contribution in [3.63, 3.8) is 0 Å². The van der Waals surface area contributed by atoms with E-state index in [4.69, 9.17) is 0 Å². The first-order chi connectivity index (χ1) is 5.58. The van der Waals surface area contributed by atoms with Gasteiger partial charge in [0.2, 0.25) is 11.9 Å². The Morgan fingerprint density at radius 2 is 1.75 bits per heavy atom. The molecular formula is C9H11F2N. The minimum absolute atomic E-state index is 0.395. The molecule has 0 aliphatic heterocycles. The Labute approximate surface area is 70.4 Å². The highest BCUT2D eigenvalue weighted by Crippen LogP contribution is 2.09. The largest absolute Gasteiger partial charge is 0.215 e. The van der Waals surface area contributed by atoms with Gasteiger partial charge in [-0.25, -0.2) is 0 Å². The Hall–Kier alpha value is -0.990. The van der Waals surface area contributed by atoms with E-state index in [0.29, 0.717) is 17.9 Å². The maximum atomic E-state index is 12.5. The third-order valence-electron chi connectivity index (χ3n) is 1.47. The van der Waals surface area contributed by atoms with Gasteiger partial charge in [0.25, 0.3) is 0 Å². The second kappa shape index (κ2) is 3.61. The number of hydrogen-bond donors (Lipinski definition) is 0. The van der Waals surface area contributed by atoms with Crippen molar-refractivity contribution in [3.05, 3.63) is 29.6 Å². The summed E-state index contributed by atoms with van der Waals surface area (Å²) in [6.45, 7) is 3.99. The Balaban J connectivity index is 2.85. The van der Waals surface area contributed by atoms with Gasteiger partial charge in [-0.2, -0.15) is 13.8 Å². The van der Waals surface area contributed by atoms with Crippen LogP contribution in [0.2, 0.25) is 0 Å². The lowest BCUT2D eigenvalue weighted by atomic mass is 10.0. The van der Waals surface area contributed by atoms with Crippen LogP contribution in [0.5, 0.6) is 0 Å². The monoisotopic (exact) mass is 171 g/mol. The first-order valence-corrected chi connectivity index (χ1v) is 3.90. The van der Waals surface area contributed by atoms with Crippen molar-refractivity contribution in [1.82, 2.24) is 4.98 Å². The minimum Gasteiger partial charge on any atom is -0.191 e. The van der Waals surface area contributed by atoms with Gasteiger partial charge >= 0.3 is 0 Å². The van der Waals surface area contributed by atoms with Crippen LogP contribution in [-0.2, 0) is 6.42 Å². The second-order valence-electron chi connectivity index (χ2n) is 3.22. The summed E-state index contributed by atoms with van der Waals surface area (Å²) in [6.07, 6.45) is 0.677. The van der Waals surface area contributed by atoms with E-state index in [-0.39, 0.29) is 0 Å². The predicted molar refractivity (Wildman–Crippen MR) is 42.7 cm³/mol. The second-order valence-corrected chi connectivity index (χ2v) is 3.22. The van der Waals surface area contributed by atoms with Gasteiger partial charge in [0, 0.05) is 0 Å². The third-order valence-corrected chi connectivity index (χ3v) is 1.47. The number of nitrogens with zero attached hydrogens (tertiary/aromatic N) is 1. The topological polar surface area (TPSA) is 12.9 Å². The molecule has 0 saturated heterocycles. The standard InChI is InChI=1S/C9H11F2N/c1-6(2)3-7-4-8(10)12-9(11)5-7/h4-6H,3H2,1-2H3. The van der Waals surface area contributed by atoms with E-state index in [2.05, 4.69) is 4.98 Å². The average Bonchev–Trinajstić information content (AvgIpc) is 1.81. The fourth-order valence-corrected chi connectivity index (χ4v) is 1.10. The maximum Gasteiger partial charge on any atom is 0.215 e. The molecule has 0 aromatic carbocycles. The summed E-state index contributed by atoms with van der Waals surface area (Å²) in [5.74, 6) is -1.09. The number of pyridine rings is 1. The number of halogens is 2. The van der Waals surface area contributed by atoms with Gasteiger partial charge in [-0.3, -0.25) is 0 Å². The molecule has 0 bridgehead atoms. The Bertz CT molecular complexity index is 251. The van der Waals surface area contributed by atoms with Gasteiger partial charge in [-0.05, 0) is 30.0 Å². The molecule has 1 rings (SSSR count). The molecule has 0 aliphatic carbocycles. The van der Waals surface area contributed by atoms with E-state index in [1.165, 1.54) is 12.1 Å². The molecule has 0 amide bonds. The summed E-state index contributed by atoms with van der Waals surface area (Å²) in [5.41, 5.74) is 0.662. The highest BCUT2D eigenvalue weighted by molar-refractivity contribution is 5.12. The zero-order valence-corrected chi connectivity index (χ0v) is 7.14. The summed E-state index contributed by atoms with van der Waals surface area (Å²) in [4.78, 5) is 3.01. The quantitative estimate of drug-likeness (QED) is 0.623. The molecule has 12 heavy (non-hydrogen) atoms. The molecule has 0 unspecified atom stereocenters. The van der Waals surface area contributed by atoms with Crippen LogP contribution in [-0.4, -0.2) is 4.98 Å². The molecule has 66 valence electrons. The van der Waals surface area contributed by atoms with Crippen molar-refractivity contribution >= 4 is 0 Å². The smallest absolute Gasteiger partial charge is 0.191 e. The van der Waals surface area contributed by atoms with E-state index in [9.17, 15) is 8.78 Å². The summed E-state index contributed by atoms with van der Waals surface area (Å²) < 4.78 is 25.1. The average molecular weight is 171 g/mol. The number of aromatic nitrogens is 1. The van der Waals surface area contributed by atoms with E-state index < -0.39 is 11.9 Å². The lowest BCUT2D eigenvalue weighted by Gasteiger charge is -2.03. The fraction of sp³-hybridized carbons (Fsp3) is 0.444. The molecule has 0 atom stereocenters. The van der Waals surface area contributed by atoms with Crippen molar-refractivity contribution in [2.24, 2.45) is 5.92 Å². The van der Waals surface area contributed by atoms with Crippen LogP contribution in [0, 0.1) is 17.8 Å². The first kappa shape index (κ1) is 9.10. The molecule has 1 aromatic rings. The van der Waals surface area contributed by atoms with Crippen LogP contribution >= 0.6 is 0 Å². The lowest BCUT2D eigenvalue weighted by molar-refractivity contribution is 0.506. The minimum atomic E-state index is -0.745. The SMILES string of the molecule is CC(C)Cc1cc(F)nc(F)c1. The van der Waals surface area contributed by atoms with E-state index in [0.717, 1.165) is 0 Å². The van der Waals surface area contributed by atoms with E-state index in [1.807, 2.05) is 13.8 Å². The van der Waals surface area contributed by atoms with Crippen molar-refractivity contribution in [3.8, 4) is 0 Å². The van der Waals surface area contributed by atoms with Crippen LogP contribution in [0.15, 0.2) is 12.1 Å². The van der Waals surface area contributed by atoms with Crippen LogP contribution < -0.4 is 0 Å². The lowest BCUT2D eigenvalue weighted by Crippen LogP contribution is -1.98. The summed E-state index contributed by atoms with van der Waals surface area (Å²) in [5, 5.41) is 0. The molecule has 0 N–H and O–H groups in total. The van der Waals surface area contributed by atoms with Gasteiger partial charge in [0.1, 0.15) is 0 Å². The third kappa shape index (κ3) is 2.57. The molecule has 0 spiro atoms. The van der Waals surface area contributed by atoms with Crippen LogP contribution in [0.3, 0.4) is 0 Å². The Kier molecular flexibility index (Phi) is 2.74. The molecule has 0 saturated carbocycles. The molecule has 0 radical (unpaired) electrons. The van der Waals surface area contributed by atoms with Crippen LogP contribution in [0.4, 0.5) is 8.78 Å². The Morgan fingerprint density at radius 3 is 2.17 bits per heavy atom. The van der Waals surface area contributed by atoms with Crippen molar-refractivity contribution in [2.75, 3.05) is 0 Å². The first-order valence-electron chi connectivity index (χ1n) is 3.90. The number of hydrogen-bond acceptors (Lipinski definition) is 1. The van der Waals surface area contributed by atoms with Crippen molar-refractivity contribution in [1.29, 1.82) is 0 Å². The zero-order chi connectivity index (χ0) is 9.14. The molecule has 1 nitrogen and oxygen atoms in total. The van der Waals surface area contributed by atoms with Gasteiger partial charge in [0.05, 0.1) is 0 Å². The van der Waals surface area contributed by atoms with Gasteiger partial charge in [-0.15, -0.1) is 0 Å². The summed E-state index contributed by atoms with van der Waals surface area (Å²) >= 11 is 0.